The van der Waals surface area contributed by atoms with Crippen LogP contribution in [0.4, 0.5) is 4.39 Å². The number of halogens is 2. The second kappa shape index (κ2) is 8.62. The number of carboxylic acid groups (broad SMARTS) is 1. The van der Waals surface area contributed by atoms with E-state index < -0.39 is 23.7 Å². The number of rotatable bonds is 7. The average Bonchev–Trinajstić information content (AvgIpc) is 2.61. The Bertz CT molecular complexity index is 754. The Labute approximate surface area is 152 Å². The van der Waals surface area contributed by atoms with Gasteiger partial charge in [0.05, 0.1) is 0 Å². The molecule has 2 N–H and O–H groups in total. The minimum Gasteiger partial charge on any atom is -0.489 e. The zero-order valence-electron chi connectivity index (χ0n) is 13.4. The van der Waals surface area contributed by atoms with Gasteiger partial charge in [-0.15, -0.1) is 0 Å². The van der Waals surface area contributed by atoms with Gasteiger partial charge >= 0.3 is 5.97 Å². The second-order valence-electron chi connectivity index (χ2n) is 5.38. The Morgan fingerprint density at radius 2 is 1.92 bits per heavy atom. The number of hydrogen-bond donors (Lipinski definition) is 2. The van der Waals surface area contributed by atoms with E-state index in [0.717, 1.165) is 6.07 Å². The van der Waals surface area contributed by atoms with Crippen molar-refractivity contribution in [2.24, 2.45) is 0 Å². The summed E-state index contributed by atoms with van der Waals surface area (Å²) in [6.45, 7) is 1.78. The highest BCUT2D eigenvalue weighted by molar-refractivity contribution is 9.09. The summed E-state index contributed by atoms with van der Waals surface area (Å²) >= 11 is 3.26. The summed E-state index contributed by atoms with van der Waals surface area (Å²) in [5.74, 6) is -2.30. The van der Waals surface area contributed by atoms with Gasteiger partial charge in [0.2, 0.25) is 0 Å². The van der Waals surface area contributed by atoms with Crippen LogP contribution >= 0.6 is 15.9 Å². The number of carbonyl (C=O) groups is 2. The lowest BCUT2D eigenvalue weighted by molar-refractivity contribution is -0.139. The van der Waals surface area contributed by atoms with Crippen molar-refractivity contribution in [2.75, 3.05) is 5.33 Å². The third-order valence-electron chi connectivity index (χ3n) is 3.39. The van der Waals surface area contributed by atoms with Gasteiger partial charge in [-0.25, -0.2) is 9.18 Å². The number of carboxylic acids is 1. The van der Waals surface area contributed by atoms with E-state index in [4.69, 9.17) is 4.74 Å². The largest absolute Gasteiger partial charge is 0.489 e. The summed E-state index contributed by atoms with van der Waals surface area (Å²) in [6, 6.07) is 10.3. The van der Waals surface area contributed by atoms with Crippen LogP contribution in [-0.2, 0) is 4.79 Å². The number of aliphatic carboxylic acids is 1. The molecule has 0 heterocycles. The van der Waals surface area contributed by atoms with Crippen molar-refractivity contribution in [1.82, 2.24) is 5.32 Å². The van der Waals surface area contributed by atoms with Gasteiger partial charge in [-0.2, -0.15) is 0 Å². The first-order valence-corrected chi connectivity index (χ1v) is 8.65. The van der Waals surface area contributed by atoms with E-state index in [1.807, 2.05) is 0 Å². The minimum absolute atomic E-state index is 0.0459. The fourth-order valence-electron chi connectivity index (χ4n) is 2.18. The fourth-order valence-corrected chi connectivity index (χ4v) is 2.31. The normalized spacial score (nSPS) is 12.9. The first-order valence-electron chi connectivity index (χ1n) is 7.53. The molecule has 132 valence electrons. The van der Waals surface area contributed by atoms with Crippen molar-refractivity contribution in [3.05, 3.63) is 65.5 Å². The van der Waals surface area contributed by atoms with Crippen molar-refractivity contribution in [3.8, 4) is 5.75 Å². The highest BCUT2D eigenvalue weighted by Gasteiger charge is 2.27. The molecule has 2 aromatic rings. The van der Waals surface area contributed by atoms with Gasteiger partial charge in [-0.1, -0.05) is 34.1 Å². The second-order valence-corrected chi connectivity index (χ2v) is 6.02. The van der Waals surface area contributed by atoms with E-state index in [9.17, 15) is 19.1 Å². The minimum atomic E-state index is -1.44. The number of nitrogens with one attached hydrogen (secondary N) is 1. The Balaban J connectivity index is 2.35. The SMILES string of the molecule is CC(CBr)Oc1ccc(F)cc1C(NC(=O)c1ccccc1)C(=O)O. The summed E-state index contributed by atoms with van der Waals surface area (Å²) < 4.78 is 19.3. The van der Waals surface area contributed by atoms with Crippen molar-refractivity contribution >= 4 is 27.8 Å². The van der Waals surface area contributed by atoms with Gasteiger partial charge < -0.3 is 15.2 Å². The maximum absolute atomic E-state index is 13.7. The number of ether oxygens (including phenoxy) is 1. The Morgan fingerprint density at radius 3 is 2.52 bits per heavy atom. The molecular formula is C18H17BrFNO4. The van der Waals surface area contributed by atoms with Gasteiger partial charge in [0.25, 0.3) is 5.91 Å². The summed E-state index contributed by atoms with van der Waals surface area (Å²) in [4.78, 5) is 24.0. The van der Waals surface area contributed by atoms with Gasteiger partial charge in [0.1, 0.15) is 17.7 Å². The topological polar surface area (TPSA) is 75.6 Å². The van der Waals surface area contributed by atoms with E-state index in [-0.39, 0.29) is 17.4 Å². The van der Waals surface area contributed by atoms with Crippen LogP contribution in [-0.4, -0.2) is 28.4 Å². The highest BCUT2D eigenvalue weighted by atomic mass is 79.9. The molecule has 0 aromatic heterocycles. The van der Waals surface area contributed by atoms with Crippen molar-refractivity contribution < 1.29 is 23.8 Å². The summed E-state index contributed by atoms with van der Waals surface area (Å²) in [5.41, 5.74) is 0.353. The lowest BCUT2D eigenvalue weighted by Gasteiger charge is -2.21. The molecule has 0 spiro atoms. The predicted molar refractivity (Wildman–Crippen MR) is 94.6 cm³/mol. The van der Waals surface area contributed by atoms with Crippen LogP contribution in [0.15, 0.2) is 48.5 Å². The molecule has 0 saturated heterocycles. The first-order chi connectivity index (χ1) is 11.9. The number of carbonyl (C=O) groups excluding carboxylic acids is 1. The highest BCUT2D eigenvalue weighted by Crippen LogP contribution is 2.28. The molecule has 0 aliphatic heterocycles. The van der Waals surface area contributed by atoms with Crippen LogP contribution < -0.4 is 10.1 Å². The molecule has 25 heavy (non-hydrogen) atoms. The molecule has 0 fully saturated rings. The zero-order chi connectivity index (χ0) is 18.4. The van der Waals surface area contributed by atoms with Gasteiger partial charge in [0.15, 0.2) is 6.04 Å². The maximum Gasteiger partial charge on any atom is 0.331 e. The predicted octanol–water partition coefficient (Wildman–Crippen LogP) is 3.54. The molecule has 1 amide bonds. The monoisotopic (exact) mass is 409 g/mol. The molecule has 0 saturated carbocycles. The number of amides is 1. The molecule has 0 bridgehead atoms. The van der Waals surface area contributed by atoms with Crippen LogP contribution in [0.25, 0.3) is 0 Å². The quantitative estimate of drug-likeness (QED) is 0.685. The molecule has 7 heteroatoms. The van der Waals surface area contributed by atoms with Crippen LogP contribution in [0, 0.1) is 5.82 Å². The Morgan fingerprint density at radius 1 is 1.24 bits per heavy atom. The van der Waals surface area contributed by atoms with Crippen LogP contribution in [0.2, 0.25) is 0 Å². The smallest absolute Gasteiger partial charge is 0.331 e. The molecule has 2 unspecified atom stereocenters. The standard InChI is InChI=1S/C18H17BrFNO4/c1-11(10-19)25-15-8-7-13(20)9-14(15)16(18(23)24)21-17(22)12-5-3-2-4-6-12/h2-9,11,16H,10H2,1H3,(H,21,22)(H,23,24). The third-order valence-corrected chi connectivity index (χ3v) is 4.30. The van der Waals surface area contributed by atoms with Crippen molar-refractivity contribution in [2.45, 2.75) is 19.1 Å². The van der Waals surface area contributed by atoms with Crippen molar-refractivity contribution in [3.63, 3.8) is 0 Å². The van der Waals surface area contributed by atoms with Crippen LogP contribution in [0.1, 0.15) is 28.9 Å². The molecular weight excluding hydrogens is 393 g/mol. The van der Waals surface area contributed by atoms with E-state index >= 15 is 0 Å². The lowest BCUT2D eigenvalue weighted by Crippen LogP contribution is -2.34. The number of hydrogen-bond acceptors (Lipinski definition) is 3. The van der Waals surface area contributed by atoms with E-state index in [0.29, 0.717) is 10.9 Å². The van der Waals surface area contributed by atoms with E-state index in [1.165, 1.54) is 12.1 Å². The van der Waals surface area contributed by atoms with Gasteiger partial charge in [-0.05, 0) is 37.3 Å². The Kier molecular flexibility index (Phi) is 6.52. The van der Waals surface area contributed by atoms with Gasteiger partial charge in [0, 0.05) is 16.5 Å². The molecule has 0 aliphatic carbocycles. The molecule has 2 atom stereocenters. The fraction of sp³-hybridized carbons (Fsp3) is 0.222. The zero-order valence-corrected chi connectivity index (χ0v) is 15.0. The average molecular weight is 410 g/mol. The molecule has 0 radical (unpaired) electrons. The van der Waals surface area contributed by atoms with E-state index in [2.05, 4.69) is 21.2 Å². The molecule has 0 aliphatic rings. The molecule has 2 rings (SSSR count). The van der Waals surface area contributed by atoms with Crippen LogP contribution in [0.3, 0.4) is 0 Å². The maximum atomic E-state index is 13.7. The molecule has 2 aromatic carbocycles. The molecule has 5 nitrogen and oxygen atoms in total. The van der Waals surface area contributed by atoms with Gasteiger partial charge in [-0.3, -0.25) is 4.79 Å². The van der Waals surface area contributed by atoms with E-state index in [1.54, 1.807) is 37.3 Å². The third kappa shape index (κ3) is 5.03. The first kappa shape index (κ1) is 18.9. The number of benzene rings is 2. The Hall–Kier alpha value is -2.41. The summed E-state index contributed by atoms with van der Waals surface area (Å²) in [7, 11) is 0. The van der Waals surface area contributed by atoms with Crippen LogP contribution in [0.5, 0.6) is 5.75 Å². The summed E-state index contributed by atoms with van der Waals surface area (Å²) in [6.07, 6.45) is -0.261. The lowest BCUT2D eigenvalue weighted by atomic mass is 10.0. The van der Waals surface area contributed by atoms with Crippen molar-refractivity contribution in [1.29, 1.82) is 0 Å². The summed E-state index contributed by atoms with van der Waals surface area (Å²) in [5, 5.41) is 12.5. The number of alkyl halides is 1.